The number of anilines is 1. The molecule has 3 heterocycles. The number of urea groups is 1. The van der Waals surface area contributed by atoms with Gasteiger partial charge in [-0.25, -0.2) is 9.78 Å². The molecule has 1 aromatic carbocycles. The van der Waals surface area contributed by atoms with E-state index in [0.29, 0.717) is 36.9 Å². The Balaban J connectivity index is 1.57. The van der Waals surface area contributed by atoms with Crippen LogP contribution in [0.4, 0.5) is 9.93 Å². The van der Waals surface area contributed by atoms with Crippen molar-refractivity contribution >= 4 is 28.2 Å². The number of carbonyl (C=O) groups excluding carboxylic acids is 1. The van der Waals surface area contributed by atoms with Gasteiger partial charge in [-0.15, -0.1) is 11.3 Å². The fraction of sp³-hybridized carbons (Fsp3) is 0.462. The van der Waals surface area contributed by atoms with Crippen LogP contribution in [-0.2, 0) is 0 Å². The predicted octanol–water partition coefficient (Wildman–Crippen LogP) is 4.45. The first-order valence-corrected chi connectivity index (χ1v) is 12.7. The summed E-state index contributed by atoms with van der Waals surface area (Å²) in [7, 11) is 0. The zero-order valence-electron chi connectivity index (χ0n) is 20.7. The number of aliphatic hydroxyl groups is 1. The molecule has 0 spiro atoms. The summed E-state index contributed by atoms with van der Waals surface area (Å²) in [5.74, 6) is 0.112. The summed E-state index contributed by atoms with van der Waals surface area (Å²) in [6.07, 6.45) is 2.94. The molecule has 184 valence electrons. The van der Waals surface area contributed by atoms with Crippen LogP contribution in [0.15, 0.2) is 41.0 Å². The molecule has 35 heavy (non-hydrogen) atoms. The average Bonchev–Trinajstić information content (AvgIpc) is 3.27. The average molecular weight is 493 g/mol. The summed E-state index contributed by atoms with van der Waals surface area (Å²) in [6, 6.07) is 9.46. The second-order valence-corrected chi connectivity index (χ2v) is 10.8. The molecule has 1 atom stereocenters. The second-order valence-electron chi connectivity index (χ2n) is 9.77. The van der Waals surface area contributed by atoms with Crippen molar-refractivity contribution < 1.29 is 9.90 Å². The Morgan fingerprint density at radius 3 is 2.69 bits per heavy atom. The van der Waals surface area contributed by atoms with E-state index in [0.717, 1.165) is 34.0 Å². The van der Waals surface area contributed by atoms with Crippen molar-refractivity contribution in [1.82, 2.24) is 14.8 Å². The van der Waals surface area contributed by atoms with Gasteiger partial charge in [0.05, 0.1) is 23.9 Å². The van der Waals surface area contributed by atoms with E-state index in [1.54, 1.807) is 11.0 Å². The van der Waals surface area contributed by atoms with E-state index in [1.807, 2.05) is 45.9 Å². The molecule has 2 N–H and O–H groups in total. The highest BCUT2D eigenvalue weighted by molar-refractivity contribution is 7.16. The topological polar surface area (TPSA) is 105 Å². The number of hydrogen-bond donors (Lipinski definition) is 2. The summed E-state index contributed by atoms with van der Waals surface area (Å²) in [4.78, 5) is 27.5. The van der Waals surface area contributed by atoms with E-state index in [4.69, 9.17) is 4.98 Å². The second kappa shape index (κ2) is 10.3. The molecule has 4 rings (SSSR count). The number of nitrogens with one attached hydrogen (secondary N) is 1. The number of piperazine rings is 1. The van der Waals surface area contributed by atoms with Gasteiger partial charge in [0.2, 0.25) is 0 Å². The van der Waals surface area contributed by atoms with Crippen LogP contribution < -0.4 is 5.32 Å². The molecule has 2 amide bonds. The Morgan fingerprint density at radius 2 is 2.03 bits per heavy atom. The Kier molecular flexibility index (Phi) is 7.36. The summed E-state index contributed by atoms with van der Waals surface area (Å²) in [5, 5.41) is 22.6. The van der Waals surface area contributed by atoms with Gasteiger partial charge >= 0.3 is 6.03 Å². The molecular weight excluding hydrogens is 460 g/mol. The third-order valence-corrected chi connectivity index (χ3v) is 7.71. The summed E-state index contributed by atoms with van der Waals surface area (Å²) in [5.41, 5.74) is 3.96. The molecule has 1 saturated heterocycles. The number of nitrogens with zero attached hydrogens (tertiary/aromatic N) is 5. The minimum atomic E-state index is -0.299. The molecule has 0 bridgehead atoms. The lowest BCUT2D eigenvalue weighted by Crippen LogP contribution is -2.57. The van der Waals surface area contributed by atoms with Crippen molar-refractivity contribution in [3.8, 4) is 17.3 Å². The molecule has 0 radical (unpaired) electrons. The molecule has 2 aliphatic rings. The molecule has 8 nitrogen and oxygen atoms in total. The predicted molar refractivity (Wildman–Crippen MR) is 140 cm³/mol. The largest absolute Gasteiger partial charge is 0.394 e. The zero-order chi connectivity index (χ0) is 25.2. The maximum Gasteiger partial charge on any atom is 0.323 e. The van der Waals surface area contributed by atoms with Crippen molar-refractivity contribution in [3.63, 3.8) is 0 Å². The lowest BCUT2D eigenvalue weighted by Gasteiger charge is -2.43. The third-order valence-electron chi connectivity index (χ3n) is 6.60. The van der Waals surface area contributed by atoms with Crippen molar-refractivity contribution in [1.29, 1.82) is 5.26 Å². The molecule has 0 aliphatic carbocycles. The minimum Gasteiger partial charge on any atom is -0.394 e. The van der Waals surface area contributed by atoms with Gasteiger partial charge in [-0.1, -0.05) is 18.2 Å². The monoisotopic (exact) mass is 492 g/mol. The quantitative estimate of drug-likeness (QED) is 0.641. The fourth-order valence-electron chi connectivity index (χ4n) is 4.59. The maximum atomic E-state index is 13.1. The van der Waals surface area contributed by atoms with Crippen molar-refractivity contribution in [2.75, 3.05) is 38.1 Å². The Morgan fingerprint density at radius 1 is 1.29 bits per heavy atom. The zero-order valence-corrected chi connectivity index (χ0v) is 21.5. The van der Waals surface area contributed by atoms with Gasteiger partial charge in [-0.05, 0) is 46.2 Å². The van der Waals surface area contributed by atoms with Crippen LogP contribution in [0, 0.1) is 11.3 Å². The van der Waals surface area contributed by atoms with Gasteiger partial charge in [-0.3, -0.25) is 15.2 Å². The first-order valence-electron chi connectivity index (χ1n) is 11.9. The summed E-state index contributed by atoms with van der Waals surface area (Å²) in [6.45, 7) is 10.7. The number of carbonyl (C=O) groups is 1. The number of hydrogen-bond acceptors (Lipinski definition) is 7. The lowest BCUT2D eigenvalue weighted by molar-refractivity contribution is 0.0267. The highest BCUT2D eigenvalue weighted by Crippen LogP contribution is 2.40. The van der Waals surface area contributed by atoms with Crippen molar-refractivity contribution in [2.24, 2.45) is 4.99 Å². The highest BCUT2D eigenvalue weighted by Gasteiger charge is 2.31. The molecule has 2 aromatic rings. The maximum absolute atomic E-state index is 13.1. The normalized spacial score (nSPS) is 19.1. The van der Waals surface area contributed by atoms with E-state index in [1.165, 1.54) is 11.3 Å². The highest BCUT2D eigenvalue weighted by atomic mass is 32.1. The third kappa shape index (κ3) is 5.61. The smallest absolute Gasteiger partial charge is 0.323 e. The van der Waals surface area contributed by atoms with Crippen LogP contribution >= 0.6 is 11.3 Å². The number of aliphatic imine (C=N–C) groups is 1. The SMILES string of the molecule is CC1=CC(c2sc(NC(=O)N3CCN(C(C)(C)CO)CC3)nc2-c2cccc(C#N)c2)CC(C)=N1. The van der Waals surface area contributed by atoms with Crippen LogP contribution in [0.3, 0.4) is 0 Å². The van der Waals surface area contributed by atoms with Gasteiger partial charge in [0, 0.05) is 59.5 Å². The van der Waals surface area contributed by atoms with Crippen molar-refractivity contribution in [3.05, 3.63) is 46.5 Å². The summed E-state index contributed by atoms with van der Waals surface area (Å²) >= 11 is 1.48. The van der Waals surface area contributed by atoms with Gasteiger partial charge in [0.1, 0.15) is 0 Å². The van der Waals surface area contributed by atoms with Crippen LogP contribution in [0.25, 0.3) is 11.3 Å². The number of nitriles is 1. The van der Waals surface area contributed by atoms with Crippen LogP contribution in [0.1, 0.15) is 50.5 Å². The van der Waals surface area contributed by atoms with E-state index in [2.05, 4.69) is 27.4 Å². The Labute approximate surface area is 210 Å². The van der Waals surface area contributed by atoms with Crippen LogP contribution in [0.5, 0.6) is 0 Å². The van der Waals surface area contributed by atoms with Gasteiger partial charge < -0.3 is 10.0 Å². The number of benzene rings is 1. The van der Waals surface area contributed by atoms with E-state index < -0.39 is 0 Å². The standard InChI is InChI=1S/C26H32N6O2S/c1-17-12-21(13-18(2)28-17)23-22(20-7-5-6-19(14-20)15-27)29-24(35-23)30-25(34)31-8-10-32(11-9-31)26(3,4)16-33/h5-7,12,14,21,33H,8-11,13,16H2,1-4H3,(H,29,30,34). The fourth-order valence-corrected chi connectivity index (χ4v) is 5.63. The van der Waals surface area contributed by atoms with E-state index >= 15 is 0 Å². The number of aliphatic hydroxyl groups excluding tert-OH is 1. The summed E-state index contributed by atoms with van der Waals surface area (Å²) < 4.78 is 0. The molecule has 1 unspecified atom stereocenters. The molecule has 2 aliphatic heterocycles. The first kappa shape index (κ1) is 25.0. The molecule has 1 aromatic heterocycles. The van der Waals surface area contributed by atoms with Crippen molar-refractivity contribution in [2.45, 2.75) is 45.6 Å². The number of rotatable bonds is 5. The number of aromatic nitrogens is 1. The van der Waals surface area contributed by atoms with Gasteiger partial charge in [0.15, 0.2) is 5.13 Å². The van der Waals surface area contributed by atoms with Gasteiger partial charge in [0.25, 0.3) is 0 Å². The number of thiazole rings is 1. The van der Waals surface area contributed by atoms with E-state index in [-0.39, 0.29) is 24.1 Å². The lowest BCUT2D eigenvalue weighted by atomic mass is 9.94. The molecule has 1 fully saturated rings. The molecule has 0 saturated carbocycles. The van der Waals surface area contributed by atoms with Crippen LogP contribution in [0.2, 0.25) is 0 Å². The number of amides is 2. The molecule has 9 heteroatoms. The van der Waals surface area contributed by atoms with Crippen LogP contribution in [-0.4, -0.2) is 70.0 Å². The number of allylic oxidation sites excluding steroid dienone is 2. The minimum absolute atomic E-state index is 0.0795. The first-order chi connectivity index (χ1) is 16.7. The van der Waals surface area contributed by atoms with Gasteiger partial charge in [-0.2, -0.15) is 5.26 Å². The Hall–Kier alpha value is -3.06. The molecular formula is C26H32N6O2S. The van der Waals surface area contributed by atoms with E-state index in [9.17, 15) is 15.2 Å². The Bertz CT molecular complexity index is 1200.